The summed E-state index contributed by atoms with van der Waals surface area (Å²) in [5, 5.41) is 3.91. The molecule has 3 amide bonds. The number of carbonyl (C=O) groups excluding carboxylic acids is 3. The van der Waals surface area contributed by atoms with Crippen LogP contribution < -0.4 is 11.1 Å². The van der Waals surface area contributed by atoms with Gasteiger partial charge in [0.15, 0.2) is 6.61 Å². The van der Waals surface area contributed by atoms with Crippen LogP contribution in [0.2, 0.25) is 0 Å². The zero-order valence-corrected chi connectivity index (χ0v) is 11.2. The third kappa shape index (κ3) is 4.31. The number of urea groups is 1. The molecule has 6 nitrogen and oxygen atoms in total. The Morgan fingerprint density at radius 3 is 2.48 bits per heavy atom. The van der Waals surface area contributed by atoms with Gasteiger partial charge in [0.2, 0.25) is 0 Å². The lowest BCUT2D eigenvalue weighted by molar-refractivity contribution is -0.147. The molecule has 0 atom stereocenters. The van der Waals surface area contributed by atoms with E-state index in [4.69, 9.17) is 10.5 Å². The number of nitrogens with one attached hydrogen (secondary N) is 1. The fourth-order valence-corrected chi connectivity index (χ4v) is 1.89. The number of benzene rings is 2. The van der Waals surface area contributed by atoms with E-state index in [-0.39, 0.29) is 6.42 Å². The quantitative estimate of drug-likeness (QED) is 0.823. The molecule has 108 valence electrons. The van der Waals surface area contributed by atoms with Gasteiger partial charge in [-0.05, 0) is 16.3 Å². The highest BCUT2D eigenvalue weighted by atomic mass is 16.5. The number of hydrogen-bond acceptors (Lipinski definition) is 4. The summed E-state index contributed by atoms with van der Waals surface area (Å²) < 4.78 is 4.76. The molecule has 0 aromatic heterocycles. The lowest BCUT2D eigenvalue weighted by atomic mass is 10.1. The number of ether oxygens (including phenoxy) is 1. The Labute approximate surface area is 120 Å². The Balaban J connectivity index is 1.92. The molecule has 0 radical (unpaired) electrons. The number of imide groups is 1. The minimum Gasteiger partial charge on any atom is -0.455 e. The second-order valence-corrected chi connectivity index (χ2v) is 4.43. The van der Waals surface area contributed by atoms with Gasteiger partial charge in [0.05, 0.1) is 6.42 Å². The van der Waals surface area contributed by atoms with Crippen molar-refractivity contribution in [3.63, 3.8) is 0 Å². The van der Waals surface area contributed by atoms with Gasteiger partial charge in [0.1, 0.15) is 0 Å². The summed E-state index contributed by atoms with van der Waals surface area (Å²) in [4.78, 5) is 33.1. The minimum absolute atomic E-state index is 0.0503. The van der Waals surface area contributed by atoms with Crippen molar-refractivity contribution in [2.45, 2.75) is 6.42 Å². The first-order valence-electron chi connectivity index (χ1n) is 6.27. The van der Waals surface area contributed by atoms with E-state index in [0.29, 0.717) is 0 Å². The van der Waals surface area contributed by atoms with Crippen molar-refractivity contribution in [1.29, 1.82) is 0 Å². The molecule has 0 fully saturated rings. The SMILES string of the molecule is NC(=O)NC(=O)COC(=O)Cc1ccc2ccccc2c1. The molecule has 0 aliphatic rings. The zero-order valence-electron chi connectivity index (χ0n) is 11.2. The fraction of sp³-hybridized carbons (Fsp3) is 0.133. The molecule has 0 bridgehead atoms. The first-order chi connectivity index (χ1) is 10.0. The van der Waals surface area contributed by atoms with Crippen molar-refractivity contribution in [1.82, 2.24) is 5.32 Å². The van der Waals surface area contributed by atoms with Crippen molar-refractivity contribution in [3.05, 3.63) is 48.0 Å². The summed E-state index contributed by atoms with van der Waals surface area (Å²) in [6.07, 6.45) is 0.0503. The maximum Gasteiger partial charge on any atom is 0.318 e. The summed E-state index contributed by atoms with van der Waals surface area (Å²) in [7, 11) is 0. The highest BCUT2D eigenvalue weighted by Gasteiger charge is 2.10. The van der Waals surface area contributed by atoms with E-state index in [9.17, 15) is 14.4 Å². The molecule has 2 rings (SSSR count). The maximum absolute atomic E-state index is 11.6. The molecule has 2 aromatic rings. The van der Waals surface area contributed by atoms with Crippen LogP contribution in [-0.4, -0.2) is 24.5 Å². The Bertz CT molecular complexity index is 697. The summed E-state index contributed by atoms with van der Waals surface area (Å²) in [6, 6.07) is 12.4. The van der Waals surface area contributed by atoms with Gasteiger partial charge in [-0.3, -0.25) is 14.9 Å². The molecular formula is C15H14N2O4. The molecule has 6 heteroatoms. The van der Waals surface area contributed by atoms with E-state index < -0.39 is 24.5 Å². The van der Waals surface area contributed by atoms with Gasteiger partial charge in [-0.15, -0.1) is 0 Å². The molecule has 3 N–H and O–H groups in total. The number of fused-ring (bicyclic) bond motifs is 1. The molecule has 0 spiro atoms. The Kier molecular flexibility index (Phi) is 4.50. The Hall–Kier alpha value is -2.89. The van der Waals surface area contributed by atoms with Crippen LogP contribution >= 0.6 is 0 Å². The maximum atomic E-state index is 11.6. The molecule has 0 unspecified atom stereocenters. The monoisotopic (exact) mass is 286 g/mol. The highest BCUT2D eigenvalue weighted by Crippen LogP contribution is 2.16. The predicted octanol–water partition coefficient (Wildman–Crippen LogP) is 1.12. The number of esters is 1. The lowest BCUT2D eigenvalue weighted by Gasteiger charge is -2.05. The van der Waals surface area contributed by atoms with Gasteiger partial charge in [-0.2, -0.15) is 0 Å². The van der Waals surface area contributed by atoms with Gasteiger partial charge in [0.25, 0.3) is 5.91 Å². The van der Waals surface area contributed by atoms with Crippen LogP contribution in [0.15, 0.2) is 42.5 Å². The van der Waals surface area contributed by atoms with E-state index in [1.54, 1.807) is 0 Å². The Morgan fingerprint density at radius 1 is 1.05 bits per heavy atom. The normalized spacial score (nSPS) is 10.1. The third-order valence-corrected chi connectivity index (χ3v) is 2.79. The smallest absolute Gasteiger partial charge is 0.318 e. The second-order valence-electron chi connectivity index (χ2n) is 4.43. The van der Waals surface area contributed by atoms with Crippen LogP contribution in [0.4, 0.5) is 4.79 Å². The Morgan fingerprint density at radius 2 is 1.76 bits per heavy atom. The molecular weight excluding hydrogens is 272 g/mol. The predicted molar refractivity (Wildman–Crippen MR) is 76.3 cm³/mol. The molecule has 0 saturated carbocycles. The van der Waals surface area contributed by atoms with Crippen LogP contribution in [0.25, 0.3) is 10.8 Å². The van der Waals surface area contributed by atoms with Crippen LogP contribution in [0, 0.1) is 0 Å². The molecule has 0 aliphatic heterocycles. The average Bonchev–Trinajstić information content (AvgIpc) is 2.44. The van der Waals surface area contributed by atoms with Gasteiger partial charge in [-0.25, -0.2) is 4.79 Å². The van der Waals surface area contributed by atoms with E-state index in [1.807, 2.05) is 47.8 Å². The number of hydrogen-bond donors (Lipinski definition) is 2. The molecule has 2 aromatic carbocycles. The minimum atomic E-state index is -0.981. The van der Waals surface area contributed by atoms with Gasteiger partial charge < -0.3 is 10.5 Å². The molecule has 21 heavy (non-hydrogen) atoms. The van der Waals surface area contributed by atoms with Crippen molar-refractivity contribution in [2.75, 3.05) is 6.61 Å². The van der Waals surface area contributed by atoms with Gasteiger partial charge in [-0.1, -0.05) is 42.5 Å². The number of nitrogens with two attached hydrogens (primary N) is 1. The van der Waals surface area contributed by atoms with Gasteiger partial charge >= 0.3 is 12.0 Å². The van der Waals surface area contributed by atoms with E-state index in [1.165, 1.54) is 0 Å². The fourth-order valence-electron chi connectivity index (χ4n) is 1.89. The van der Waals surface area contributed by atoms with E-state index in [0.717, 1.165) is 16.3 Å². The molecule has 0 aliphatic carbocycles. The number of amides is 3. The number of primary amides is 1. The number of rotatable bonds is 4. The van der Waals surface area contributed by atoms with Crippen LogP contribution in [0.1, 0.15) is 5.56 Å². The summed E-state index contributed by atoms with van der Waals surface area (Å²) in [5.74, 6) is -1.31. The summed E-state index contributed by atoms with van der Waals surface area (Å²) in [6.45, 7) is -0.532. The largest absolute Gasteiger partial charge is 0.455 e. The first-order valence-corrected chi connectivity index (χ1v) is 6.27. The van der Waals surface area contributed by atoms with Crippen LogP contribution in [0.5, 0.6) is 0 Å². The topological polar surface area (TPSA) is 98.5 Å². The van der Waals surface area contributed by atoms with Crippen molar-refractivity contribution < 1.29 is 19.1 Å². The number of carbonyl (C=O) groups is 3. The van der Waals surface area contributed by atoms with Gasteiger partial charge in [0, 0.05) is 0 Å². The molecule has 0 heterocycles. The van der Waals surface area contributed by atoms with Crippen molar-refractivity contribution in [2.24, 2.45) is 5.73 Å². The third-order valence-electron chi connectivity index (χ3n) is 2.79. The average molecular weight is 286 g/mol. The summed E-state index contributed by atoms with van der Waals surface area (Å²) in [5.41, 5.74) is 5.55. The second kappa shape index (κ2) is 6.51. The van der Waals surface area contributed by atoms with E-state index >= 15 is 0 Å². The summed E-state index contributed by atoms with van der Waals surface area (Å²) >= 11 is 0. The van der Waals surface area contributed by atoms with Crippen LogP contribution in [0.3, 0.4) is 0 Å². The molecule has 0 saturated heterocycles. The van der Waals surface area contributed by atoms with E-state index in [2.05, 4.69) is 0 Å². The van der Waals surface area contributed by atoms with Crippen LogP contribution in [-0.2, 0) is 20.7 Å². The zero-order chi connectivity index (χ0) is 15.2. The van der Waals surface area contributed by atoms with Crippen molar-refractivity contribution >= 4 is 28.7 Å². The highest BCUT2D eigenvalue weighted by molar-refractivity contribution is 5.94. The lowest BCUT2D eigenvalue weighted by Crippen LogP contribution is -2.37. The standard InChI is InChI=1S/C15H14N2O4/c16-15(20)17-13(18)9-21-14(19)8-10-5-6-11-3-1-2-4-12(11)7-10/h1-7H,8-9H2,(H3,16,17,18,20). The van der Waals surface area contributed by atoms with Crippen molar-refractivity contribution in [3.8, 4) is 0 Å². The first kappa shape index (κ1) is 14.5.